The lowest BCUT2D eigenvalue weighted by molar-refractivity contribution is -0.132. The van der Waals surface area contributed by atoms with Crippen LogP contribution in [-0.2, 0) is 17.8 Å². The van der Waals surface area contributed by atoms with Crippen molar-refractivity contribution in [1.29, 1.82) is 0 Å². The number of hydrogen-bond donors (Lipinski definition) is 0. The highest BCUT2D eigenvalue weighted by atomic mass is 79.9. The minimum atomic E-state index is -0.158. The molecule has 0 saturated heterocycles. The van der Waals surface area contributed by atoms with Crippen molar-refractivity contribution in [2.75, 3.05) is 13.7 Å². The third kappa shape index (κ3) is 4.56. The van der Waals surface area contributed by atoms with E-state index < -0.39 is 0 Å². The maximum Gasteiger partial charge on any atom is 0.260 e. The number of aryl methyl sites for hydroxylation is 1. The van der Waals surface area contributed by atoms with E-state index in [1.807, 2.05) is 19.1 Å². The van der Waals surface area contributed by atoms with Gasteiger partial charge in [0.1, 0.15) is 5.75 Å². The molecule has 7 heteroatoms. The van der Waals surface area contributed by atoms with Gasteiger partial charge in [0.25, 0.3) is 5.91 Å². The van der Waals surface area contributed by atoms with E-state index in [0.29, 0.717) is 23.9 Å². The lowest BCUT2D eigenvalue weighted by atomic mass is 10.3. The molecular weight excluding hydrogens is 338 g/mol. The molecular formula is C14H16BrN3O3. The van der Waals surface area contributed by atoms with E-state index in [2.05, 4.69) is 26.1 Å². The van der Waals surface area contributed by atoms with Crippen molar-refractivity contribution in [3.8, 4) is 5.75 Å². The summed E-state index contributed by atoms with van der Waals surface area (Å²) < 4.78 is 11.4. The van der Waals surface area contributed by atoms with Crippen molar-refractivity contribution in [3.63, 3.8) is 0 Å². The summed E-state index contributed by atoms with van der Waals surface area (Å²) >= 11 is 3.34. The Morgan fingerprint density at radius 2 is 2.10 bits per heavy atom. The Labute approximate surface area is 131 Å². The van der Waals surface area contributed by atoms with Gasteiger partial charge in [-0.3, -0.25) is 4.79 Å². The molecule has 0 spiro atoms. The molecule has 0 atom stereocenters. The summed E-state index contributed by atoms with van der Waals surface area (Å²) in [5, 5.41) is 3.79. The van der Waals surface area contributed by atoms with E-state index in [1.54, 1.807) is 19.2 Å². The van der Waals surface area contributed by atoms with Crippen molar-refractivity contribution in [2.45, 2.75) is 19.9 Å². The van der Waals surface area contributed by atoms with Crippen molar-refractivity contribution >= 4 is 21.8 Å². The van der Waals surface area contributed by atoms with Crippen LogP contribution in [0.15, 0.2) is 33.3 Å². The van der Waals surface area contributed by atoms with E-state index in [1.165, 1.54) is 4.90 Å². The summed E-state index contributed by atoms with van der Waals surface area (Å²) in [5.74, 6) is 1.54. The topological polar surface area (TPSA) is 68.5 Å². The highest BCUT2D eigenvalue weighted by Gasteiger charge is 2.14. The molecule has 21 heavy (non-hydrogen) atoms. The van der Waals surface area contributed by atoms with Crippen molar-refractivity contribution in [1.82, 2.24) is 15.0 Å². The predicted octanol–water partition coefficient (Wildman–Crippen LogP) is 2.43. The number of hydrogen-bond acceptors (Lipinski definition) is 5. The Hall–Kier alpha value is -1.89. The number of amides is 1. The van der Waals surface area contributed by atoms with Crippen molar-refractivity contribution in [3.05, 3.63) is 40.5 Å². The highest BCUT2D eigenvalue weighted by molar-refractivity contribution is 9.10. The number of benzene rings is 1. The Bertz CT molecular complexity index is 598. The number of nitrogens with zero attached hydrogens (tertiary/aromatic N) is 3. The van der Waals surface area contributed by atoms with Crippen LogP contribution in [0.25, 0.3) is 0 Å². The summed E-state index contributed by atoms with van der Waals surface area (Å²) in [4.78, 5) is 17.6. The normalized spacial score (nSPS) is 10.4. The second-order valence-electron chi connectivity index (χ2n) is 4.45. The predicted molar refractivity (Wildman–Crippen MR) is 79.8 cm³/mol. The van der Waals surface area contributed by atoms with Gasteiger partial charge >= 0.3 is 0 Å². The van der Waals surface area contributed by atoms with E-state index in [4.69, 9.17) is 9.26 Å². The van der Waals surface area contributed by atoms with Crippen LogP contribution in [0.1, 0.15) is 18.6 Å². The minimum Gasteiger partial charge on any atom is -0.484 e. The summed E-state index contributed by atoms with van der Waals surface area (Å²) in [6.07, 6.45) is 0.702. The average Bonchev–Trinajstić information content (AvgIpc) is 2.94. The number of ether oxygens (including phenoxy) is 1. The second kappa shape index (κ2) is 7.21. The van der Waals surface area contributed by atoms with Crippen LogP contribution in [-0.4, -0.2) is 34.6 Å². The standard InChI is InChI=1S/C14H16BrN3O3/c1-3-12-16-13(21-17-12)8-18(2)14(19)9-20-11-6-4-10(15)5-7-11/h4-7H,3,8-9H2,1-2H3. The molecule has 1 aromatic heterocycles. The number of carbonyl (C=O) groups is 1. The molecule has 0 radical (unpaired) electrons. The third-order valence-corrected chi connectivity index (χ3v) is 3.33. The molecule has 112 valence electrons. The number of likely N-dealkylation sites (N-methyl/N-ethyl adjacent to an activating group) is 1. The molecule has 0 fully saturated rings. The van der Waals surface area contributed by atoms with Crippen molar-refractivity contribution in [2.24, 2.45) is 0 Å². The summed E-state index contributed by atoms with van der Waals surface area (Å²) in [7, 11) is 1.67. The largest absolute Gasteiger partial charge is 0.484 e. The molecule has 2 rings (SSSR count). The molecule has 0 aliphatic carbocycles. The maximum absolute atomic E-state index is 12.0. The quantitative estimate of drug-likeness (QED) is 0.797. The second-order valence-corrected chi connectivity index (χ2v) is 5.37. The van der Waals surface area contributed by atoms with Gasteiger partial charge in [0.15, 0.2) is 12.4 Å². The van der Waals surface area contributed by atoms with Gasteiger partial charge in [0.05, 0.1) is 6.54 Å². The Balaban J connectivity index is 1.83. The molecule has 0 aliphatic rings. The van der Waals surface area contributed by atoms with Crippen LogP contribution in [0.4, 0.5) is 0 Å². The van der Waals surface area contributed by atoms with Crippen molar-refractivity contribution < 1.29 is 14.1 Å². The molecule has 0 bridgehead atoms. The van der Waals surface area contributed by atoms with Gasteiger partial charge in [-0.15, -0.1) is 0 Å². The molecule has 6 nitrogen and oxygen atoms in total. The molecule has 2 aromatic rings. The Morgan fingerprint density at radius 3 is 2.71 bits per heavy atom. The smallest absolute Gasteiger partial charge is 0.260 e. The van der Waals surface area contributed by atoms with E-state index in [9.17, 15) is 4.79 Å². The molecule has 0 aliphatic heterocycles. The van der Waals surface area contributed by atoms with Gasteiger partial charge in [-0.2, -0.15) is 4.98 Å². The first kappa shape index (κ1) is 15.5. The highest BCUT2D eigenvalue weighted by Crippen LogP contribution is 2.16. The van der Waals surface area contributed by atoms with E-state index in [0.717, 1.165) is 4.47 Å². The number of aromatic nitrogens is 2. The van der Waals surface area contributed by atoms with E-state index >= 15 is 0 Å². The van der Waals surface area contributed by atoms with Gasteiger partial charge < -0.3 is 14.2 Å². The summed E-state index contributed by atoms with van der Waals surface area (Å²) in [5.41, 5.74) is 0. The molecule has 1 heterocycles. The molecule has 0 saturated carbocycles. The van der Waals surface area contributed by atoms with Crippen LogP contribution in [0, 0.1) is 0 Å². The van der Waals surface area contributed by atoms with E-state index in [-0.39, 0.29) is 19.1 Å². The zero-order valence-electron chi connectivity index (χ0n) is 11.9. The van der Waals surface area contributed by atoms with Crippen LogP contribution in [0.5, 0.6) is 5.75 Å². The fourth-order valence-electron chi connectivity index (χ4n) is 1.58. The fraction of sp³-hybridized carbons (Fsp3) is 0.357. The van der Waals surface area contributed by atoms with Gasteiger partial charge in [-0.05, 0) is 24.3 Å². The molecule has 0 unspecified atom stereocenters. The van der Waals surface area contributed by atoms with Gasteiger partial charge in [-0.1, -0.05) is 28.0 Å². The minimum absolute atomic E-state index is 0.0348. The zero-order chi connectivity index (χ0) is 15.2. The van der Waals surface area contributed by atoms with Crippen LogP contribution >= 0.6 is 15.9 Å². The van der Waals surface area contributed by atoms with Gasteiger partial charge in [0, 0.05) is 17.9 Å². The summed E-state index contributed by atoms with van der Waals surface area (Å²) in [6.45, 7) is 2.18. The Morgan fingerprint density at radius 1 is 1.38 bits per heavy atom. The molecule has 1 amide bonds. The SMILES string of the molecule is CCc1noc(CN(C)C(=O)COc2ccc(Br)cc2)n1. The van der Waals surface area contributed by atoms with Crippen LogP contribution in [0.3, 0.4) is 0 Å². The Kier molecular flexibility index (Phi) is 5.32. The molecule has 0 N–H and O–H groups in total. The number of halogens is 1. The van der Waals surface area contributed by atoms with Gasteiger partial charge in [-0.25, -0.2) is 0 Å². The lowest BCUT2D eigenvalue weighted by Crippen LogP contribution is -2.31. The first-order valence-corrected chi connectivity index (χ1v) is 7.31. The number of carbonyl (C=O) groups excluding carboxylic acids is 1. The maximum atomic E-state index is 12.0. The first-order chi connectivity index (χ1) is 10.1. The third-order valence-electron chi connectivity index (χ3n) is 2.80. The van der Waals surface area contributed by atoms with Crippen LogP contribution in [0.2, 0.25) is 0 Å². The monoisotopic (exact) mass is 353 g/mol. The average molecular weight is 354 g/mol. The van der Waals surface area contributed by atoms with Gasteiger partial charge in [0.2, 0.25) is 5.89 Å². The first-order valence-electron chi connectivity index (χ1n) is 6.52. The molecule has 1 aromatic carbocycles. The lowest BCUT2D eigenvalue weighted by Gasteiger charge is -2.15. The zero-order valence-corrected chi connectivity index (χ0v) is 13.5. The van der Waals surface area contributed by atoms with Crippen LogP contribution < -0.4 is 4.74 Å². The fourth-order valence-corrected chi connectivity index (χ4v) is 1.84. The summed E-state index contributed by atoms with van der Waals surface area (Å²) in [6, 6.07) is 7.30. The number of rotatable bonds is 6.